The van der Waals surface area contributed by atoms with Gasteiger partial charge >= 0.3 is 0 Å². The van der Waals surface area contributed by atoms with Crippen LogP contribution in [-0.4, -0.2) is 41.8 Å². The van der Waals surface area contributed by atoms with E-state index < -0.39 is 0 Å². The van der Waals surface area contributed by atoms with Crippen LogP contribution in [0.25, 0.3) is 0 Å². The van der Waals surface area contributed by atoms with Crippen LogP contribution >= 0.6 is 15.9 Å². The Hall–Kier alpha value is -0.580. The summed E-state index contributed by atoms with van der Waals surface area (Å²) < 4.78 is 6.73. The predicted molar refractivity (Wildman–Crippen MR) is 73.8 cm³/mol. The molecule has 18 heavy (non-hydrogen) atoms. The number of hydrogen-bond donors (Lipinski definition) is 1. The molecule has 2 fully saturated rings. The third-order valence-corrected chi connectivity index (χ3v) is 4.35. The Bertz CT molecular complexity index is 410. The molecule has 1 saturated heterocycles. The van der Waals surface area contributed by atoms with Crippen molar-refractivity contribution >= 4 is 15.9 Å². The second-order valence-corrected chi connectivity index (χ2v) is 6.31. The van der Waals surface area contributed by atoms with Crippen LogP contribution in [0.1, 0.15) is 12.8 Å². The van der Waals surface area contributed by atoms with Crippen molar-refractivity contribution in [2.24, 2.45) is 5.92 Å². The zero-order chi connectivity index (χ0) is 12.6. The van der Waals surface area contributed by atoms with Gasteiger partial charge in [-0.2, -0.15) is 0 Å². The maximum Gasteiger partial charge on any atom is 0.119 e. The molecule has 1 saturated carbocycles. The first kappa shape index (κ1) is 12.5. The number of likely N-dealkylation sites (tertiary alicyclic amines) is 1. The molecule has 0 spiro atoms. The van der Waals surface area contributed by atoms with Crippen LogP contribution in [0.4, 0.5) is 0 Å². The van der Waals surface area contributed by atoms with Crippen LogP contribution in [0.15, 0.2) is 28.7 Å². The molecule has 1 heterocycles. The van der Waals surface area contributed by atoms with E-state index in [9.17, 15) is 5.11 Å². The van der Waals surface area contributed by atoms with Crippen molar-refractivity contribution in [3.63, 3.8) is 0 Å². The van der Waals surface area contributed by atoms with E-state index in [0.29, 0.717) is 12.5 Å². The minimum absolute atomic E-state index is 0.377. The smallest absolute Gasteiger partial charge is 0.119 e. The van der Waals surface area contributed by atoms with Crippen LogP contribution in [0.5, 0.6) is 5.75 Å². The molecule has 3 nitrogen and oxygen atoms in total. The lowest BCUT2D eigenvalue weighted by Gasteiger charge is -2.47. The summed E-state index contributed by atoms with van der Waals surface area (Å²) in [5.74, 6) is 1.47. The van der Waals surface area contributed by atoms with E-state index in [1.54, 1.807) is 0 Å². The van der Waals surface area contributed by atoms with Gasteiger partial charge < -0.3 is 9.84 Å². The molecule has 0 aromatic heterocycles. The highest BCUT2D eigenvalue weighted by Gasteiger charge is 2.51. The van der Waals surface area contributed by atoms with Crippen molar-refractivity contribution in [3.05, 3.63) is 28.7 Å². The van der Waals surface area contributed by atoms with Crippen molar-refractivity contribution < 1.29 is 9.84 Å². The van der Waals surface area contributed by atoms with Crippen LogP contribution in [0, 0.1) is 5.92 Å². The number of halogens is 1. The average Bonchev–Trinajstić information content (AvgIpc) is 3.13. The van der Waals surface area contributed by atoms with E-state index in [1.807, 2.05) is 24.3 Å². The number of nitrogens with zero attached hydrogens (tertiary/aromatic N) is 1. The molecule has 1 aromatic carbocycles. The Morgan fingerprint density at radius 2 is 1.94 bits per heavy atom. The predicted octanol–water partition coefficient (Wildman–Crippen LogP) is 2.28. The van der Waals surface area contributed by atoms with E-state index in [4.69, 9.17) is 4.74 Å². The van der Waals surface area contributed by atoms with Gasteiger partial charge in [-0.15, -0.1) is 0 Å². The summed E-state index contributed by atoms with van der Waals surface area (Å²) >= 11 is 3.40. The number of rotatable bonds is 5. The molecule has 0 unspecified atom stereocenters. The summed E-state index contributed by atoms with van der Waals surface area (Å²) in [4.78, 5) is 2.26. The Labute approximate surface area is 116 Å². The van der Waals surface area contributed by atoms with Crippen molar-refractivity contribution in [1.29, 1.82) is 0 Å². The van der Waals surface area contributed by atoms with E-state index in [1.165, 1.54) is 12.8 Å². The molecule has 2 aliphatic rings. The van der Waals surface area contributed by atoms with Crippen LogP contribution in [0.3, 0.4) is 0 Å². The summed E-state index contributed by atoms with van der Waals surface area (Å²) in [5, 5.41) is 10.2. The largest absolute Gasteiger partial charge is 0.492 e. The molecule has 1 aliphatic heterocycles. The van der Waals surface area contributed by atoms with Gasteiger partial charge in [0.05, 0.1) is 5.60 Å². The molecule has 0 radical (unpaired) electrons. The second-order valence-electron chi connectivity index (χ2n) is 5.39. The number of β-amino-alcohol motifs (C(OH)–C–C–N with tert-alkyl or cyclic N) is 1. The minimum Gasteiger partial charge on any atom is -0.492 e. The maximum absolute atomic E-state index is 10.2. The van der Waals surface area contributed by atoms with Gasteiger partial charge in [0.1, 0.15) is 12.4 Å². The van der Waals surface area contributed by atoms with Crippen molar-refractivity contribution in [1.82, 2.24) is 4.90 Å². The summed E-state index contributed by atoms with van der Waals surface area (Å²) in [6, 6.07) is 7.87. The third kappa shape index (κ3) is 2.71. The Morgan fingerprint density at radius 3 is 2.56 bits per heavy atom. The Balaban J connectivity index is 1.37. The zero-order valence-corrected chi connectivity index (χ0v) is 11.9. The van der Waals surface area contributed by atoms with E-state index >= 15 is 0 Å². The second kappa shape index (κ2) is 4.83. The Morgan fingerprint density at radius 1 is 1.28 bits per heavy atom. The Kier molecular flexibility index (Phi) is 3.34. The van der Waals surface area contributed by atoms with E-state index in [2.05, 4.69) is 20.8 Å². The lowest BCUT2D eigenvalue weighted by molar-refractivity contribution is -0.115. The van der Waals surface area contributed by atoms with Gasteiger partial charge in [0.15, 0.2) is 0 Å². The standard InChI is InChI=1S/C14H18BrNO2/c15-12-3-5-13(6-4-12)18-8-7-16-9-14(17,10-16)11-1-2-11/h3-6,11,17H,1-2,7-10H2. The minimum atomic E-state index is -0.377. The fourth-order valence-corrected chi connectivity index (χ4v) is 2.85. The quantitative estimate of drug-likeness (QED) is 0.905. The molecule has 0 atom stereocenters. The molecule has 0 bridgehead atoms. The molecular weight excluding hydrogens is 294 g/mol. The fraction of sp³-hybridized carbons (Fsp3) is 0.571. The molecule has 98 valence electrons. The highest BCUT2D eigenvalue weighted by molar-refractivity contribution is 9.10. The normalized spacial score (nSPS) is 22.6. The van der Waals surface area contributed by atoms with E-state index in [0.717, 1.165) is 29.9 Å². The first-order valence-electron chi connectivity index (χ1n) is 6.49. The fourth-order valence-electron chi connectivity index (χ4n) is 2.59. The topological polar surface area (TPSA) is 32.7 Å². The monoisotopic (exact) mass is 311 g/mol. The van der Waals surface area contributed by atoms with Crippen LogP contribution < -0.4 is 4.74 Å². The number of benzene rings is 1. The van der Waals surface area contributed by atoms with Gasteiger partial charge in [0.2, 0.25) is 0 Å². The maximum atomic E-state index is 10.2. The van der Waals surface area contributed by atoms with Crippen LogP contribution in [0.2, 0.25) is 0 Å². The van der Waals surface area contributed by atoms with Crippen molar-refractivity contribution in [3.8, 4) is 5.75 Å². The van der Waals surface area contributed by atoms with Gasteiger partial charge in [-0.05, 0) is 43.0 Å². The first-order valence-corrected chi connectivity index (χ1v) is 7.28. The lowest BCUT2D eigenvalue weighted by Crippen LogP contribution is -2.63. The SMILES string of the molecule is OC1(C2CC2)CN(CCOc2ccc(Br)cc2)C1. The van der Waals surface area contributed by atoms with Gasteiger partial charge in [0.25, 0.3) is 0 Å². The number of ether oxygens (including phenoxy) is 1. The molecule has 1 aromatic rings. The molecule has 3 rings (SSSR count). The van der Waals surface area contributed by atoms with Crippen molar-refractivity contribution in [2.45, 2.75) is 18.4 Å². The molecule has 4 heteroatoms. The average molecular weight is 312 g/mol. The summed E-state index contributed by atoms with van der Waals surface area (Å²) in [7, 11) is 0. The molecule has 1 N–H and O–H groups in total. The summed E-state index contributed by atoms with van der Waals surface area (Å²) in [5.41, 5.74) is -0.377. The number of aliphatic hydroxyl groups is 1. The number of hydrogen-bond acceptors (Lipinski definition) is 3. The van der Waals surface area contributed by atoms with Gasteiger partial charge in [-0.1, -0.05) is 15.9 Å². The molecular formula is C14H18BrNO2. The molecule has 0 amide bonds. The van der Waals surface area contributed by atoms with E-state index in [-0.39, 0.29) is 5.60 Å². The lowest BCUT2D eigenvalue weighted by atomic mass is 9.89. The third-order valence-electron chi connectivity index (χ3n) is 3.82. The van der Waals surface area contributed by atoms with Gasteiger partial charge in [0, 0.05) is 24.1 Å². The van der Waals surface area contributed by atoms with Crippen molar-refractivity contribution in [2.75, 3.05) is 26.2 Å². The van der Waals surface area contributed by atoms with Crippen LogP contribution in [-0.2, 0) is 0 Å². The zero-order valence-electron chi connectivity index (χ0n) is 10.3. The summed E-state index contributed by atoms with van der Waals surface area (Å²) in [6.07, 6.45) is 2.42. The van der Waals surface area contributed by atoms with Gasteiger partial charge in [-0.3, -0.25) is 4.90 Å². The highest BCUT2D eigenvalue weighted by atomic mass is 79.9. The molecule has 1 aliphatic carbocycles. The summed E-state index contributed by atoms with van der Waals surface area (Å²) in [6.45, 7) is 3.22. The van der Waals surface area contributed by atoms with Gasteiger partial charge in [-0.25, -0.2) is 0 Å². The highest BCUT2D eigenvalue weighted by Crippen LogP contribution is 2.44. The first-order chi connectivity index (χ1) is 8.66.